The Morgan fingerprint density at radius 1 is 1.29 bits per heavy atom. The van der Waals surface area contributed by atoms with Gasteiger partial charge in [0.15, 0.2) is 0 Å². The van der Waals surface area contributed by atoms with Gasteiger partial charge in [-0.2, -0.15) is 0 Å². The van der Waals surface area contributed by atoms with Crippen molar-refractivity contribution in [2.45, 2.75) is 32.7 Å². The number of rotatable bonds is 5. The molecule has 2 heterocycles. The van der Waals surface area contributed by atoms with Gasteiger partial charge in [0.2, 0.25) is 0 Å². The Kier molecular flexibility index (Phi) is 5.30. The summed E-state index contributed by atoms with van der Waals surface area (Å²) in [5.74, 6) is -0.316. The fraction of sp³-hybridized carbons (Fsp3) is 0.474. The summed E-state index contributed by atoms with van der Waals surface area (Å²) in [5.41, 5.74) is 2.27. The summed E-state index contributed by atoms with van der Waals surface area (Å²) in [7, 11) is 0. The molecule has 0 spiro atoms. The van der Waals surface area contributed by atoms with Crippen molar-refractivity contribution in [2.24, 2.45) is 0 Å². The van der Waals surface area contributed by atoms with Gasteiger partial charge in [0.1, 0.15) is 5.56 Å². The maximum atomic E-state index is 12.3. The Morgan fingerprint density at radius 3 is 2.75 bits per heavy atom. The van der Waals surface area contributed by atoms with Crippen LogP contribution in [0.15, 0.2) is 30.5 Å². The van der Waals surface area contributed by atoms with Crippen LogP contribution in [0.25, 0.3) is 10.9 Å². The molecule has 128 valence electrons. The molecule has 5 nitrogen and oxygen atoms in total. The number of aromatic nitrogens is 1. The number of carbonyl (C=O) groups excluding carboxylic acids is 1. The number of anilines is 1. The van der Waals surface area contributed by atoms with E-state index in [1.54, 1.807) is 6.20 Å². The molecule has 0 bridgehead atoms. The predicted octanol–water partition coefficient (Wildman–Crippen LogP) is 3.31. The van der Waals surface area contributed by atoms with Gasteiger partial charge in [-0.1, -0.05) is 25.1 Å². The number of pyridine rings is 1. The van der Waals surface area contributed by atoms with Crippen molar-refractivity contribution >= 4 is 22.6 Å². The summed E-state index contributed by atoms with van der Waals surface area (Å²) in [5, 5.41) is 4.58. The lowest BCUT2D eigenvalue weighted by molar-refractivity contribution is 0.0527. The highest BCUT2D eigenvalue weighted by Crippen LogP contribution is 2.28. The number of nitrogens with one attached hydrogen (secondary N) is 1. The predicted molar refractivity (Wildman–Crippen MR) is 96.5 cm³/mol. The van der Waals surface area contributed by atoms with Crippen LogP contribution in [0.3, 0.4) is 0 Å². The third-order valence-corrected chi connectivity index (χ3v) is 4.65. The second-order valence-corrected chi connectivity index (χ2v) is 6.14. The fourth-order valence-corrected chi connectivity index (χ4v) is 3.26. The van der Waals surface area contributed by atoms with Crippen molar-refractivity contribution < 1.29 is 9.53 Å². The lowest BCUT2D eigenvalue weighted by Crippen LogP contribution is -2.39. The Labute approximate surface area is 143 Å². The first kappa shape index (κ1) is 16.7. The van der Waals surface area contributed by atoms with E-state index >= 15 is 0 Å². The van der Waals surface area contributed by atoms with Gasteiger partial charge in [-0.3, -0.25) is 4.98 Å². The summed E-state index contributed by atoms with van der Waals surface area (Å²) < 4.78 is 5.21. The average molecular weight is 327 g/mol. The van der Waals surface area contributed by atoms with Gasteiger partial charge < -0.3 is 15.0 Å². The molecule has 0 atom stereocenters. The number of para-hydroxylation sites is 1. The molecule has 0 amide bonds. The second-order valence-electron chi connectivity index (χ2n) is 6.14. The van der Waals surface area contributed by atoms with Gasteiger partial charge >= 0.3 is 5.97 Å². The minimum Gasteiger partial charge on any atom is -0.462 e. The third-order valence-electron chi connectivity index (χ3n) is 4.65. The Morgan fingerprint density at radius 2 is 2.04 bits per heavy atom. The molecule has 1 saturated heterocycles. The first-order valence-electron chi connectivity index (χ1n) is 8.76. The molecule has 0 radical (unpaired) electrons. The zero-order valence-electron chi connectivity index (χ0n) is 14.4. The maximum absolute atomic E-state index is 12.3. The van der Waals surface area contributed by atoms with Crippen molar-refractivity contribution in [3.63, 3.8) is 0 Å². The van der Waals surface area contributed by atoms with Crippen LogP contribution in [0.1, 0.15) is 37.0 Å². The minimum atomic E-state index is -0.316. The number of carbonyl (C=O) groups is 1. The molecular weight excluding hydrogens is 302 g/mol. The second kappa shape index (κ2) is 7.62. The molecule has 0 aliphatic carbocycles. The van der Waals surface area contributed by atoms with Crippen LogP contribution in [0.4, 0.5) is 5.69 Å². The van der Waals surface area contributed by atoms with Crippen molar-refractivity contribution in [3.05, 3.63) is 36.0 Å². The molecule has 0 unspecified atom stereocenters. The van der Waals surface area contributed by atoms with Crippen LogP contribution >= 0.6 is 0 Å². The van der Waals surface area contributed by atoms with Gasteiger partial charge in [-0.15, -0.1) is 0 Å². The zero-order chi connectivity index (χ0) is 16.9. The van der Waals surface area contributed by atoms with Crippen LogP contribution in [0.5, 0.6) is 0 Å². The molecule has 1 aromatic carbocycles. The third kappa shape index (κ3) is 3.51. The van der Waals surface area contributed by atoms with E-state index in [2.05, 4.69) is 22.1 Å². The van der Waals surface area contributed by atoms with E-state index in [0.717, 1.165) is 49.1 Å². The van der Waals surface area contributed by atoms with Crippen LogP contribution in [-0.4, -0.2) is 48.1 Å². The topological polar surface area (TPSA) is 54.5 Å². The largest absolute Gasteiger partial charge is 0.462 e. The van der Waals surface area contributed by atoms with Gasteiger partial charge in [0, 0.05) is 30.7 Å². The Hall–Kier alpha value is -2.14. The van der Waals surface area contributed by atoms with E-state index in [1.807, 2.05) is 31.2 Å². The number of hydrogen-bond acceptors (Lipinski definition) is 5. The molecule has 5 heteroatoms. The molecular formula is C19H25N3O2. The molecule has 1 fully saturated rings. The van der Waals surface area contributed by atoms with Crippen LogP contribution in [-0.2, 0) is 4.74 Å². The number of likely N-dealkylation sites (tertiary alicyclic amines) is 1. The number of ether oxygens (including phenoxy) is 1. The summed E-state index contributed by atoms with van der Waals surface area (Å²) in [6, 6.07) is 8.28. The molecule has 1 N–H and O–H groups in total. The van der Waals surface area contributed by atoms with Crippen LogP contribution in [0.2, 0.25) is 0 Å². The normalized spacial score (nSPS) is 16.2. The molecule has 0 saturated carbocycles. The highest BCUT2D eigenvalue weighted by molar-refractivity contribution is 6.04. The molecule has 3 rings (SSSR count). The number of hydrogen-bond donors (Lipinski definition) is 1. The van der Waals surface area contributed by atoms with E-state index < -0.39 is 0 Å². The van der Waals surface area contributed by atoms with Gasteiger partial charge in [0.25, 0.3) is 0 Å². The summed E-state index contributed by atoms with van der Waals surface area (Å²) in [6.07, 6.45) is 3.78. The van der Waals surface area contributed by atoms with E-state index in [9.17, 15) is 4.79 Å². The molecule has 1 aromatic heterocycles. The number of esters is 1. The zero-order valence-corrected chi connectivity index (χ0v) is 14.4. The first-order chi connectivity index (χ1) is 11.7. The smallest absolute Gasteiger partial charge is 0.341 e. The first-order valence-corrected chi connectivity index (χ1v) is 8.76. The van der Waals surface area contributed by atoms with Crippen LogP contribution in [0, 0.1) is 0 Å². The van der Waals surface area contributed by atoms with Crippen molar-refractivity contribution in [1.29, 1.82) is 0 Å². The molecule has 2 aromatic rings. The summed E-state index contributed by atoms with van der Waals surface area (Å²) in [4.78, 5) is 19.2. The Balaban J connectivity index is 1.91. The lowest BCUT2D eigenvalue weighted by atomic mass is 10.0. The SMILES string of the molecule is CCOC(=O)c1cnc2ccccc2c1NC1CCN(CC)CC1. The van der Waals surface area contributed by atoms with E-state index in [1.165, 1.54) is 0 Å². The van der Waals surface area contributed by atoms with E-state index in [-0.39, 0.29) is 5.97 Å². The highest BCUT2D eigenvalue weighted by atomic mass is 16.5. The van der Waals surface area contributed by atoms with E-state index in [0.29, 0.717) is 18.2 Å². The number of piperidine rings is 1. The highest BCUT2D eigenvalue weighted by Gasteiger charge is 2.22. The standard InChI is InChI=1S/C19H25N3O2/c1-3-22-11-9-14(10-12-22)21-18-15-7-5-6-8-17(15)20-13-16(18)19(23)24-4-2/h5-8,13-14H,3-4,9-12H2,1-2H3,(H,20,21). The quantitative estimate of drug-likeness (QED) is 0.854. The van der Waals surface area contributed by atoms with Gasteiger partial charge in [-0.25, -0.2) is 4.79 Å². The lowest BCUT2D eigenvalue weighted by Gasteiger charge is -2.32. The molecule has 24 heavy (non-hydrogen) atoms. The molecule has 1 aliphatic rings. The minimum absolute atomic E-state index is 0.316. The van der Waals surface area contributed by atoms with Gasteiger partial charge in [0.05, 0.1) is 17.8 Å². The maximum Gasteiger partial charge on any atom is 0.341 e. The van der Waals surface area contributed by atoms with E-state index in [4.69, 9.17) is 4.74 Å². The van der Waals surface area contributed by atoms with Gasteiger partial charge in [-0.05, 0) is 32.4 Å². The fourth-order valence-electron chi connectivity index (χ4n) is 3.26. The van der Waals surface area contributed by atoms with Crippen molar-refractivity contribution in [2.75, 3.05) is 31.6 Å². The number of fused-ring (bicyclic) bond motifs is 1. The number of benzene rings is 1. The van der Waals surface area contributed by atoms with Crippen LogP contribution < -0.4 is 5.32 Å². The average Bonchev–Trinajstić information content (AvgIpc) is 2.63. The van der Waals surface area contributed by atoms with Crippen molar-refractivity contribution in [1.82, 2.24) is 9.88 Å². The summed E-state index contributed by atoms with van der Waals surface area (Å²) in [6.45, 7) is 7.65. The monoisotopic (exact) mass is 327 g/mol. The molecule has 1 aliphatic heterocycles. The summed E-state index contributed by atoms with van der Waals surface area (Å²) >= 11 is 0. The number of nitrogens with zero attached hydrogens (tertiary/aromatic N) is 2. The Bertz CT molecular complexity index is 709. The van der Waals surface area contributed by atoms with Crippen molar-refractivity contribution in [3.8, 4) is 0 Å².